The van der Waals surface area contributed by atoms with Crippen molar-refractivity contribution < 1.29 is 4.74 Å². The van der Waals surface area contributed by atoms with Crippen molar-refractivity contribution in [2.75, 3.05) is 26.8 Å². The summed E-state index contributed by atoms with van der Waals surface area (Å²) in [4.78, 5) is 6.97. The third kappa shape index (κ3) is 6.49. The third-order valence-corrected chi connectivity index (χ3v) is 4.52. The van der Waals surface area contributed by atoms with Crippen LogP contribution >= 0.6 is 0 Å². The van der Waals surface area contributed by atoms with E-state index in [4.69, 9.17) is 10.5 Å². The van der Waals surface area contributed by atoms with Crippen LogP contribution in [-0.2, 0) is 17.8 Å². The van der Waals surface area contributed by atoms with E-state index < -0.39 is 0 Å². The number of benzene rings is 1. The minimum atomic E-state index is 0.159. The van der Waals surface area contributed by atoms with E-state index in [0.29, 0.717) is 19.1 Å². The Morgan fingerprint density at radius 3 is 2.79 bits per heavy atom. The third-order valence-electron chi connectivity index (χ3n) is 4.52. The van der Waals surface area contributed by atoms with Crippen LogP contribution in [0.4, 0.5) is 0 Å². The lowest BCUT2D eigenvalue weighted by Gasteiger charge is -2.30. The van der Waals surface area contributed by atoms with E-state index in [9.17, 15) is 0 Å². The maximum absolute atomic E-state index is 5.93. The number of likely N-dealkylation sites (tertiary alicyclic amines) is 1. The van der Waals surface area contributed by atoms with Crippen molar-refractivity contribution in [2.24, 2.45) is 16.6 Å². The SMILES string of the molecule is COCC(C)NC(N)=NCc1cccc(CN2CCC(C)CC2)c1. The van der Waals surface area contributed by atoms with Crippen LogP contribution in [-0.4, -0.2) is 43.7 Å². The minimum absolute atomic E-state index is 0.159. The normalized spacial score (nSPS) is 18.5. The van der Waals surface area contributed by atoms with E-state index >= 15 is 0 Å². The monoisotopic (exact) mass is 332 g/mol. The molecule has 5 heteroatoms. The van der Waals surface area contributed by atoms with Gasteiger partial charge in [-0.05, 0) is 49.9 Å². The zero-order valence-electron chi connectivity index (χ0n) is 15.3. The molecule has 0 aliphatic carbocycles. The zero-order valence-corrected chi connectivity index (χ0v) is 15.3. The van der Waals surface area contributed by atoms with E-state index in [-0.39, 0.29) is 6.04 Å². The van der Waals surface area contributed by atoms with E-state index in [0.717, 1.165) is 12.5 Å². The maximum Gasteiger partial charge on any atom is 0.189 e. The largest absolute Gasteiger partial charge is 0.383 e. The molecular formula is C19H32N4O. The number of hydrogen-bond acceptors (Lipinski definition) is 3. The van der Waals surface area contributed by atoms with Gasteiger partial charge in [0.25, 0.3) is 0 Å². The number of aliphatic imine (C=N–C) groups is 1. The highest BCUT2D eigenvalue weighted by atomic mass is 16.5. The topological polar surface area (TPSA) is 62.9 Å². The standard InChI is InChI=1S/C19H32N4O/c1-15-7-9-23(10-8-15)13-18-6-4-5-17(11-18)12-21-19(20)22-16(2)14-24-3/h4-6,11,15-16H,7-10,12-14H2,1-3H3,(H3,20,21,22). The number of guanidine groups is 1. The first-order valence-electron chi connectivity index (χ1n) is 8.92. The summed E-state index contributed by atoms with van der Waals surface area (Å²) in [6.45, 7) is 9.02. The molecule has 1 fully saturated rings. The zero-order chi connectivity index (χ0) is 17.4. The lowest BCUT2D eigenvalue weighted by molar-refractivity contribution is 0.179. The molecule has 0 aromatic heterocycles. The summed E-state index contributed by atoms with van der Waals surface area (Å²) in [5.74, 6) is 1.34. The number of ether oxygens (including phenoxy) is 1. The molecule has 134 valence electrons. The molecule has 2 rings (SSSR count). The van der Waals surface area contributed by atoms with Crippen LogP contribution in [0.3, 0.4) is 0 Å². The molecule has 0 radical (unpaired) electrons. The van der Waals surface area contributed by atoms with E-state index in [1.54, 1.807) is 7.11 Å². The number of hydrogen-bond donors (Lipinski definition) is 2. The highest BCUT2D eigenvalue weighted by Gasteiger charge is 2.15. The fraction of sp³-hybridized carbons (Fsp3) is 0.632. The van der Waals surface area contributed by atoms with E-state index in [1.807, 2.05) is 6.92 Å². The van der Waals surface area contributed by atoms with Crippen molar-refractivity contribution >= 4 is 5.96 Å². The van der Waals surface area contributed by atoms with Crippen molar-refractivity contribution in [3.8, 4) is 0 Å². The van der Waals surface area contributed by atoms with Crippen LogP contribution in [0.15, 0.2) is 29.3 Å². The molecule has 1 aliphatic rings. The molecule has 1 atom stereocenters. The molecule has 1 saturated heterocycles. The Morgan fingerprint density at radius 1 is 1.38 bits per heavy atom. The molecule has 1 unspecified atom stereocenters. The predicted molar refractivity (Wildman–Crippen MR) is 99.9 cm³/mol. The molecule has 0 amide bonds. The first-order valence-corrected chi connectivity index (χ1v) is 8.92. The average Bonchev–Trinajstić information content (AvgIpc) is 2.56. The highest BCUT2D eigenvalue weighted by Crippen LogP contribution is 2.18. The van der Waals surface area contributed by atoms with Crippen LogP contribution in [0.2, 0.25) is 0 Å². The molecular weight excluding hydrogens is 300 g/mol. The first-order chi connectivity index (χ1) is 11.6. The van der Waals surface area contributed by atoms with Crippen LogP contribution in [0, 0.1) is 5.92 Å². The van der Waals surface area contributed by atoms with Crippen LogP contribution in [0.1, 0.15) is 37.8 Å². The molecule has 24 heavy (non-hydrogen) atoms. The van der Waals surface area contributed by atoms with Gasteiger partial charge in [-0.2, -0.15) is 0 Å². The number of nitrogens with one attached hydrogen (secondary N) is 1. The summed E-state index contributed by atoms with van der Waals surface area (Å²) in [5.41, 5.74) is 8.48. The Labute approximate surface area is 146 Å². The van der Waals surface area contributed by atoms with Gasteiger partial charge in [0.15, 0.2) is 5.96 Å². The molecule has 3 N–H and O–H groups in total. The van der Waals surface area contributed by atoms with Gasteiger partial charge in [-0.1, -0.05) is 31.2 Å². The summed E-state index contributed by atoms with van der Waals surface area (Å²) >= 11 is 0. The van der Waals surface area contributed by atoms with Crippen molar-refractivity contribution in [1.82, 2.24) is 10.2 Å². The molecule has 1 aliphatic heterocycles. The molecule has 1 aromatic rings. The van der Waals surface area contributed by atoms with Gasteiger partial charge < -0.3 is 15.8 Å². The number of nitrogens with two attached hydrogens (primary N) is 1. The lowest BCUT2D eigenvalue weighted by Crippen LogP contribution is -2.40. The summed E-state index contributed by atoms with van der Waals surface area (Å²) < 4.78 is 5.08. The maximum atomic E-state index is 5.93. The van der Waals surface area contributed by atoms with Crippen molar-refractivity contribution in [3.63, 3.8) is 0 Å². The van der Waals surface area contributed by atoms with Crippen molar-refractivity contribution in [3.05, 3.63) is 35.4 Å². The molecule has 0 spiro atoms. The van der Waals surface area contributed by atoms with Gasteiger partial charge in [-0.3, -0.25) is 4.90 Å². The smallest absolute Gasteiger partial charge is 0.189 e. The molecule has 1 aromatic carbocycles. The van der Waals surface area contributed by atoms with Gasteiger partial charge >= 0.3 is 0 Å². The van der Waals surface area contributed by atoms with Gasteiger partial charge in [0.2, 0.25) is 0 Å². The summed E-state index contributed by atoms with van der Waals surface area (Å²) in [6.07, 6.45) is 2.62. The second-order valence-corrected chi connectivity index (χ2v) is 6.98. The first kappa shape index (κ1) is 18.7. The minimum Gasteiger partial charge on any atom is -0.383 e. The molecule has 0 bridgehead atoms. The summed E-state index contributed by atoms with van der Waals surface area (Å²) in [5, 5.41) is 3.13. The van der Waals surface area contributed by atoms with Crippen molar-refractivity contribution in [1.29, 1.82) is 0 Å². The predicted octanol–water partition coefficient (Wildman–Crippen LogP) is 2.36. The Balaban J connectivity index is 1.85. The van der Waals surface area contributed by atoms with Crippen LogP contribution in [0.5, 0.6) is 0 Å². The molecule has 1 heterocycles. The van der Waals surface area contributed by atoms with Crippen molar-refractivity contribution in [2.45, 2.75) is 45.8 Å². The molecule has 0 saturated carbocycles. The number of rotatable bonds is 7. The van der Waals surface area contributed by atoms with Crippen LogP contribution < -0.4 is 11.1 Å². The van der Waals surface area contributed by atoms with E-state index in [1.165, 1.54) is 37.1 Å². The van der Waals surface area contributed by atoms with Gasteiger partial charge in [0.05, 0.1) is 13.2 Å². The Kier molecular flexibility index (Phi) is 7.53. The number of piperidine rings is 1. The summed E-state index contributed by atoms with van der Waals surface area (Å²) in [7, 11) is 1.68. The fourth-order valence-corrected chi connectivity index (χ4v) is 3.07. The average molecular weight is 332 g/mol. The fourth-order valence-electron chi connectivity index (χ4n) is 3.07. The van der Waals surface area contributed by atoms with Gasteiger partial charge in [0.1, 0.15) is 0 Å². The van der Waals surface area contributed by atoms with Gasteiger partial charge in [-0.25, -0.2) is 4.99 Å². The quantitative estimate of drug-likeness (QED) is 0.594. The second kappa shape index (κ2) is 9.64. The highest BCUT2D eigenvalue weighted by molar-refractivity contribution is 5.78. The number of nitrogens with zero attached hydrogens (tertiary/aromatic N) is 2. The second-order valence-electron chi connectivity index (χ2n) is 6.98. The van der Waals surface area contributed by atoms with Gasteiger partial charge in [0, 0.05) is 19.7 Å². The number of methoxy groups -OCH3 is 1. The Bertz CT molecular complexity index is 524. The lowest BCUT2D eigenvalue weighted by atomic mass is 9.98. The van der Waals surface area contributed by atoms with Crippen LogP contribution in [0.25, 0.3) is 0 Å². The van der Waals surface area contributed by atoms with Gasteiger partial charge in [-0.15, -0.1) is 0 Å². The Morgan fingerprint density at radius 2 is 2.08 bits per heavy atom. The molecule has 5 nitrogen and oxygen atoms in total. The summed E-state index contributed by atoms with van der Waals surface area (Å²) in [6, 6.07) is 8.83. The van der Waals surface area contributed by atoms with E-state index in [2.05, 4.69) is 46.4 Å². The Hall–Kier alpha value is -1.59.